The van der Waals surface area contributed by atoms with Crippen LogP contribution in [0, 0.1) is 0 Å². The van der Waals surface area contributed by atoms with E-state index in [1.165, 1.54) is 16.5 Å². The molecule has 3 rings (SSSR count). The molecule has 0 radical (unpaired) electrons. The molecule has 0 amide bonds. The summed E-state index contributed by atoms with van der Waals surface area (Å²) < 4.78 is 0. The van der Waals surface area contributed by atoms with E-state index in [2.05, 4.69) is 53.6 Å². The van der Waals surface area contributed by atoms with E-state index < -0.39 is 0 Å². The molecule has 0 saturated heterocycles. The zero-order valence-corrected chi connectivity index (χ0v) is 11.6. The van der Waals surface area contributed by atoms with E-state index in [-0.39, 0.29) is 0 Å². The van der Waals surface area contributed by atoms with Crippen molar-refractivity contribution in [3.63, 3.8) is 0 Å². The van der Waals surface area contributed by atoms with Gasteiger partial charge in [-0.1, -0.05) is 48.5 Å². The fraction of sp³-hybridized carbons (Fsp3) is 0.167. The topological polar surface area (TPSA) is 24.9 Å². The van der Waals surface area contributed by atoms with Crippen LogP contribution in [-0.2, 0) is 6.54 Å². The zero-order valence-electron chi connectivity index (χ0n) is 11.6. The van der Waals surface area contributed by atoms with Gasteiger partial charge in [-0.2, -0.15) is 0 Å². The molecule has 1 heterocycles. The van der Waals surface area contributed by atoms with Crippen LogP contribution in [0.2, 0.25) is 0 Å². The molecular formula is C18H18N2. The van der Waals surface area contributed by atoms with Crippen LogP contribution >= 0.6 is 0 Å². The second kappa shape index (κ2) is 5.85. The van der Waals surface area contributed by atoms with Crippen molar-refractivity contribution < 1.29 is 0 Å². The molecule has 0 aliphatic carbocycles. The highest BCUT2D eigenvalue weighted by molar-refractivity contribution is 5.78. The minimum atomic E-state index is 0.336. The number of benzene rings is 2. The lowest BCUT2D eigenvalue weighted by Crippen LogP contribution is -2.18. The molecule has 2 heteroatoms. The number of nitrogens with one attached hydrogen (secondary N) is 1. The van der Waals surface area contributed by atoms with Gasteiger partial charge in [0.05, 0.1) is 5.52 Å². The maximum absolute atomic E-state index is 4.49. The molecule has 1 atom stereocenters. The van der Waals surface area contributed by atoms with Crippen molar-refractivity contribution in [3.05, 3.63) is 78.0 Å². The van der Waals surface area contributed by atoms with Gasteiger partial charge in [0.15, 0.2) is 0 Å². The van der Waals surface area contributed by atoms with E-state index in [1.54, 1.807) is 0 Å². The van der Waals surface area contributed by atoms with Crippen molar-refractivity contribution in [1.29, 1.82) is 0 Å². The van der Waals surface area contributed by atoms with Gasteiger partial charge in [0.1, 0.15) is 0 Å². The maximum atomic E-state index is 4.49. The third-order valence-electron chi connectivity index (χ3n) is 3.56. The number of fused-ring (bicyclic) bond motifs is 1. The molecule has 1 N–H and O–H groups in total. The van der Waals surface area contributed by atoms with Crippen molar-refractivity contribution in [1.82, 2.24) is 10.3 Å². The van der Waals surface area contributed by atoms with Crippen LogP contribution in [-0.4, -0.2) is 4.98 Å². The minimum absolute atomic E-state index is 0.336. The molecule has 100 valence electrons. The molecule has 0 aliphatic rings. The average Bonchev–Trinajstić information content (AvgIpc) is 2.53. The summed E-state index contributed by atoms with van der Waals surface area (Å²) in [5, 5.41) is 4.73. The van der Waals surface area contributed by atoms with E-state index in [0.717, 1.165) is 12.1 Å². The normalized spacial score (nSPS) is 12.4. The number of hydrogen-bond acceptors (Lipinski definition) is 2. The van der Waals surface area contributed by atoms with Gasteiger partial charge < -0.3 is 5.32 Å². The van der Waals surface area contributed by atoms with Crippen LogP contribution in [0.1, 0.15) is 24.1 Å². The lowest BCUT2D eigenvalue weighted by Gasteiger charge is -2.14. The van der Waals surface area contributed by atoms with Crippen molar-refractivity contribution in [2.75, 3.05) is 0 Å². The molecular weight excluding hydrogens is 244 g/mol. The van der Waals surface area contributed by atoms with Crippen LogP contribution in [0.5, 0.6) is 0 Å². The molecule has 1 aromatic heterocycles. The van der Waals surface area contributed by atoms with Gasteiger partial charge in [-0.25, -0.2) is 0 Å². The van der Waals surface area contributed by atoms with E-state index in [4.69, 9.17) is 0 Å². The molecule has 0 bridgehead atoms. The quantitative estimate of drug-likeness (QED) is 0.766. The van der Waals surface area contributed by atoms with Crippen LogP contribution in [0.25, 0.3) is 10.9 Å². The predicted molar refractivity (Wildman–Crippen MR) is 83.4 cm³/mol. The molecule has 2 aromatic carbocycles. The summed E-state index contributed by atoms with van der Waals surface area (Å²) in [6.45, 7) is 3.01. The van der Waals surface area contributed by atoms with Gasteiger partial charge in [0, 0.05) is 24.2 Å². The predicted octanol–water partition coefficient (Wildman–Crippen LogP) is 4.09. The SMILES string of the molecule is CC(NCc1cnc2ccccc2c1)c1ccccc1. The third kappa shape index (κ3) is 2.86. The second-order valence-electron chi connectivity index (χ2n) is 5.05. The lowest BCUT2D eigenvalue weighted by atomic mass is 10.1. The molecule has 1 unspecified atom stereocenters. The second-order valence-corrected chi connectivity index (χ2v) is 5.05. The fourth-order valence-electron chi connectivity index (χ4n) is 2.34. The Morgan fingerprint density at radius 3 is 2.60 bits per heavy atom. The largest absolute Gasteiger partial charge is 0.306 e. The Morgan fingerprint density at radius 1 is 1.00 bits per heavy atom. The zero-order chi connectivity index (χ0) is 13.8. The number of pyridine rings is 1. The van der Waals surface area contributed by atoms with Gasteiger partial charge in [-0.05, 0) is 30.2 Å². The Bertz CT molecular complexity index is 692. The van der Waals surface area contributed by atoms with Gasteiger partial charge in [-0.15, -0.1) is 0 Å². The molecule has 3 aromatic rings. The summed E-state index contributed by atoms with van der Waals surface area (Å²) in [5.41, 5.74) is 3.57. The van der Waals surface area contributed by atoms with Crippen LogP contribution in [0.3, 0.4) is 0 Å². The Kier molecular flexibility index (Phi) is 3.75. The number of aromatic nitrogens is 1. The molecule has 0 fully saturated rings. The highest BCUT2D eigenvalue weighted by Crippen LogP contribution is 2.15. The number of rotatable bonds is 4. The Balaban J connectivity index is 1.70. The van der Waals surface area contributed by atoms with Crippen LogP contribution < -0.4 is 5.32 Å². The van der Waals surface area contributed by atoms with Gasteiger partial charge >= 0.3 is 0 Å². The van der Waals surface area contributed by atoms with Crippen molar-refractivity contribution in [2.24, 2.45) is 0 Å². The number of hydrogen-bond donors (Lipinski definition) is 1. The van der Waals surface area contributed by atoms with E-state index >= 15 is 0 Å². The lowest BCUT2D eigenvalue weighted by molar-refractivity contribution is 0.574. The summed E-state index contributed by atoms with van der Waals surface area (Å²) >= 11 is 0. The molecule has 0 aliphatic heterocycles. The first-order valence-electron chi connectivity index (χ1n) is 6.95. The third-order valence-corrected chi connectivity index (χ3v) is 3.56. The van der Waals surface area contributed by atoms with Crippen molar-refractivity contribution >= 4 is 10.9 Å². The van der Waals surface area contributed by atoms with Crippen molar-refractivity contribution in [3.8, 4) is 0 Å². The number of para-hydroxylation sites is 1. The Labute approximate surface area is 119 Å². The first kappa shape index (κ1) is 12.8. The maximum Gasteiger partial charge on any atom is 0.0702 e. The van der Waals surface area contributed by atoms with Crippen LogP contribution in [0.15, 0.2) is 66.9 Å². The minimum Gasteiger partial charge on any atom is -0.306 e. The number of nitrogens with zero attached hydrogens (tertiary/aromatic N) is 1. The first-order valence-corrected chi connectivity index (χ1v) is 6.95. The fourth-order valence-corrected chi connectivity index (χ4v) is 2.34. The summed E-state index contributed by atoms with van der Waals surface area (Å²) in [7, 11) is 0. The Hall–Kier alpha value is -2.19. The molecule has 0 spiro atoms. The van der Waals surface area contributed by atoms with Crippen molar-refractivity contribution in [2.45, 2.75) is 19.5 Å². The first-order chi connectivity index (χ1) is 9.83. The van der Waals surface area contributed by atoms with Gasteiger partial charge in [0.25, 0.3) is 0 Å². The smallest absolute Gasteiger partial charge is 0.0702 e. The summed E-state index contributed by atoms with van der Waals surface area (Å²) in [6, 6.07) is 21.2. The van der Waals surface area contributed by atoms with Gasteiger partial charge in [-0.3, -0.25) is 4.98 Å². The Morgan fingerprint density at radius 2 is 1.75 bits per heavy atom. The van der Waals surface area contributed by atoms with Gasteiger partial charge in [0.2, 0.25) is 0 Å². The monoisotopic (exact) mass is 262 g/mol. The highest BCUT2D eigenvalue weighted by atomic mass is 14.9. The van der Waals surface area contributed by atoms with E-state index in [0.29, 0.717) is 6.04 Å². The summed E-state index contributed by atoms with van der Waals surface area (Å²) in [6.07, 6.45) is 1.95. The highest BCUT2D eigenvalue weighted by Gasteiger charge is 2.04. The van der Waals surface area contributed by atoms with E-state index in [9.17, 15) is 0 Å². The van der Waals surface area contributed by atoms with Crippen LogP contribution in [0.4, 0.5) is 0 Å². The molecule has 0 saturated carbocycles. The van der Waals surface area contributed by atoms with E-state index in [1.807, 2.05) is 30.5 Å². The summed E-state index contributed by atoms with van der Waals surface area (Å²) in [5.74, 6) is 0. The molecule has 2 nitrogen and oxygen atoms in total. The molecule has 20 heavy (non-hydrogen) atoms. The summed E-state index contributed by atoms with van der Waals surface area (Å²) in [4.78, 5) is 4.49. The standard InChI is InChI=1S/C18H18N2/c1-14(16-7-3-2-4-8-16)19-12-15-11-17-9-5-6-10-18(17)20-13-15/h2-11,13-14,19H,12H2,1H3. The average molecular weight is 262 g/mol.